The predicted octanol–water partition coefficient (Wildman–Crippen LogP) is 5.82. The molecule has 5 nitrogen and oxygen atoms in total. The molecule has 2 N–H and O–H groups in total. The van der Waals surface area contributed by atoms with Crippen LogP contribution in [0.2, 0.25) is 10.0 Å². The summed E-state index contributed by atoms with van der Waals surface area (Å²) < 4.78 is 0. The molecule has 0 atom stereocenters. The fourth-order valence-electron chi connectivity index (χ4n) is 3.93. The largest absolute Gasteiger partial charge is 0.371 e. The molecule has 1 saturated heterocycles. The highest BCUT2D eigenvalue weighted by Gasteiger charge is 2.20. The number of hydrogen-bond donors (Lipinski definition) is 2. The van der Waals surface area contributed by atoms with Crippen LogP contribution in [0.15, 0.2) is 66.7 Å². The molecule has 0 radical (unpaired) electrons. The van der Waals surface area contributed by atoms with Crippen LogP contribution in [0.1, 0.15) is 39.1 Å². The molecule has 0 unspecified atom stereocenters. The number of amides is 2. The van der Waals surface area contributed by atoms with E-state index in [-0.39, 0.29) is 11.8 Å². The zero-order valence-electron chi connectivity index (χ0n) is 18.1. The van der Waals surface area contributed by atoms with Crippen LogP contribution in [0.5, 0.6) is 0 Å². The van der Waals surface area contributed by atoms with Crippen LogP contribution in [-0.2, 0) is 6.42 Å². The third-order valence-corrected chi connectivity index (χ3v) is 6.41. The van der Waals surface area contributed by atoms with Gasteiger partial charge in [0.15, 0.2) is 0 Å². The summed E-state index contributed by atoms with van der Waals surface area (Å²) in [4.78, 5) is 28.0. The van der Waals surface area contributed by atoms with Gasteiger partial charge in [0, 0.05) is 36.6 Å². The van der Waals surface area contributed by atoms with E-state index in [9.17, 15) is 9.59 Å². The first-order valence-corrected chi connectivity index (χ1v) is 11.7. The summed E-state index contributed by atoms with van der Waals surface area (Å²) in [6.45, 7) is 2.36. The van der Waals surface area contributed by atoms with E-state index in [4.69, 9.17) is 23.2 Å². The fourth-order valence-corrected chi connectivity index (χ4v) is 4.23. The van der Waals surface area contributed by atoms with Crippen LogP contribution >= 0.6 is 23.2 Å². The molecule has 0 bridgehead atoms. The summed E-state index contributed by atoms with van der Waals surface area (Å²) in [5.74, 6) is -0.476. The maximum Gasteiger partial charge on any atom is 0.255 e. The zero-order valence-corrected chi connectivity index (χ0v) is 19.6. The Morgan fingerprint density at radius 1 is 0.848 bits per heavy atom. The van der Waals surface area contributed by atoms with Gasteiger partial charge in [-0.05, 0) is 61.2 Å². The number of halogens is 2. The van der Waals surface area contributed by atoms with Crippen molar-refractivity contribution in [3.63, 3.8) is 0 Å². The van der Waals surface area contributed by atoms with Gasteiger partial charge in [-0.3, -0.25) is 9.59 Å². The van der Waals surface area contributed by atoms with Crippen molar-refractivity contribution in [3.8, 4) is 0 Å². The molecule has 0 saturated carbocycles. The van der Waals surface area contributed by atoms with Gasteiger partial charge in [0.05, 0.1) is 15.6 Å². The zero-order chi connectivity index (χ0) is 23.2. The molecular formula is C26H25Cl2N3O2. The highest BCUT2D eigenvalue weighted by atomic mass is 35.5. The van der Waals surface area contributed by atoms with E-state index in [1.54, 1.807) is 18.2 Å². The highest BCUT2D eigenvalue weighted by molar-refractivity contribution is 6.42. The number of benzene rings is 3. The Hall–Kier alpha value is -3.02. The van der Waals surface area contributed by atoms with Crippen LogP contribution in [0.4, 0.5) is 11.4 Å². The molecule has 7 heteroatoms. The molecule has 0 aromatic heterocycles. The minimum atomic E-state index is -0.321. The topological polar surface area (TPSA) is 61.4 Å². The Balaban J connectivity index is 1.51. The fraction of sp³-hybridized carbons (Fsp3) is 0.231. The lowest BCUT2D eigenvalue weighted by molar-refractivity contribution is 0.0953. The standard InChI is InChI=1S/C26H25Cl2N3O2/c27-22-10-8-19(16-23(22)28)25(32)30-20-9-11-24(31-14-4-5-15-31)21(17-20)26(33)29-13-12-18-6-2-1-3-7-18/h1-3,6-11,16-17H,4-5,12-15H2,(H,29,33)(H,30,32). The Bertz CT molecular complexity index is 1150. The minimum absolute atomic E-state index is 0.154. The van der Waals surface area contributed by atoms with Crippen LogP contribution < -0.4 is 15.5 Å². The van der Waals surface area contributed by atoms with E-state index in [1.807, 2.05) is 42.5 Å². The quantitative estimate of drug-likeness (QED) is 0.446. The maximum atomic E-state index is 13.1. The van der Waals surface area contributed by atoms with Crippen molar-refractivity contribution in [3.05, 3.63) is 93.5 Å². The second-order valence-corrected chi connectivity index (χ2v) is 8.81. The van der Waals surface area contributed by atoms with Crippen molar-refractivity contribution in [2.24, 2.45) is 0 Å². The van der Waals surface area contributed by atoms with Crippen LogP contribution in [0.3, 0.4) is 0 Å². The van der Waals surface area contributed by atoms with Gasteiger partial charge < -0.3 is 15.5 Å². The number of anilines is 2. The van der Waals surface area contributed by atoms with Gasteiger partial charge in [-0.2, -0.15) is 0 Å². The predicted molar refractivity (Wildman–Crippen MR) is 135 cm³/mol. The Labute approximate surface area is 203 Å². The van der Waals surface area contributed by atoms with Gasteiger partial charge in [-0.1, -0.05) is 53.5 Å². The lowest BCUT2D eigenvalue weighted by Gasteiger charge is -2.22. The van der Waals surface area contributed by atoms with Crippen LogP contribution in [-0.4, -0.2) is 31.4 Å². The number of rotatable bonds is 7. The van der Waals surface area contributed by atoms with Crippen LogP contribution in [0, 0.1) is 0 Å². The maximum absolute atomic E-state index is 13.1. The molecule has 1 aliphatic heterocycles. The lowest BCUT2D eigenvalue weighted by atomic mass is 10.1. The van der Waals surface area contributed by atoms with Crippen molar-refractivity contribution in [2.45, 2.75) is 19.3 Å². The van der Waals surface area contributed by atoms with Gasteiger partial charge in [0.25, 0.3) is 11.8 Å². The molecular weight excluding hydrogens is 457 g/mol. The Kier molecular flexibility index (Phi) is 7.53. The molecule has 1 aliphatic rings. The van der Waals surface area contributed by atoms with Gasteiger partial charge in [0.1, 0.15) is 0 Å². The first-order chi connectivity index (χ1) is 16.0. The molecule has 3 aromatic carbocycles. The molecule has 170 valence electrons. The van der Waals surface area contributed by atoms with Gasteiger partial charge in [0.2, 0.25) is 0 Å². The van der Waals surface area contributed by atoms with E-state index in [1.165, 1.54) is 11.6 Å². The average Bonchev–Trinajstić information content (AvgIpc) is 3.36. The number of carbonyl (C=O) groups is 2. The van der Waals surface area contributed by atoms with E-state index in [0.29, 0.717) is 33.4 Å². The SMILES string of the molecule is O=C(Nc1ccc(N2CCCC2)c(C(=O)NCCc2ccccc2)c1)c1ccc(Cl)c(Cl)c1. The summed E-state index contributed by atoms with van der Waals surface area (Å²) in [7, 11) is 0. The summed E-state index contributed by atoms with van der Waals surface area (Å²) >= 11 is 12.0. The summed E-state index contributed by atoms with van der Waals surface area (Å²) in [6.07, 6.45) is 2.95. The van der Waals surface area contributed by atoms with Gasteiger partial charge in [-0.15, -0.1) is 0 Å². The van der Waals surface area contributed by atoms with Crippen LogP contribution in [0.25, 0.3) is 0 Å². The summed E-state index contributed by atoms with van der Waals surface area (Å²) in [6, 6.07) is 20.2. The molecule has 3 aromatic rings. The minimum Gasteiger partial charge on any atom is -0.371 e. The van der Waals surface area contributed by atoms with E-state index < -0.39 is 0 Å². The summed E-state index contributed by atoms with van der Waals surface area (Å²) in [5.41, 5.74) is 3.54. The third-order valence-electron chi connectivity index (χ3n) is 5.67. The smallest absolute Gasteiger partial charge is 0.255 e. The molecule has 0 spiro atoms. The molecule has 2 amide bonds. The average molecular weight is 482 g/mol. The molecule has 1 fully saturated rings. The van der Waals surface area contributed by atoms with Crippen molar-refractivity contribution < 1.29 is 9.59 Å². The Morgan fingerprint density at radius 2 is 1.61 bits per heavy atom. The third kappa shape index (κ3) is 5.86. The second-order valence-electron chi connectivity index (χ2n) is 8.00. The normalized spacial score (nSPS) is 13.1. The number of nitrogens with one attached hydrogen (secondary N) is 2. The first-order valence-electron chi connectivity index (χ1n) is 11.0. The molecule has 33 heavy (non-hydrogen) atoms. The molecule has 4 rings (SSSR count). The van der Waals surface area contributed by atoms with E-state index in [0.717, 1.165) is 38.0 Å². The number of nitrogens with zero attached hydrogens (tertiary/aromatic N) is 1. The number of carbonyl (C=O) groups excluding carboxylic acids is 2. The van der Waals surface area contributed by atoms with Crippen molar-refractivity contribution >= 4 is 46.4 Å². The summed E-state index contributed by atoms with van der Waals surface area (Å²) in [5, 5.41) is 6.59. The van der Waals surface area contributed by atoms with Crippen molar-refractivity contribution in [1.82, 2.24) is 5.32 Å². The number of hydrogen-bond acceptors (Lipinski definition) is 3. The second kappa shape index (κ2) is 10.7. The van der Waals surface area contributed by atoms with E-state index >= 15 is 0 Å². The Morgan fingerprint density at radius 3 is 2.33 bits per heavy atom. The lowest BCUT2D eigenvalue weighted by Crippen LogP contribution is -2.29. The molecule has 1 heterocycles. The first kappa shape index (κ1) is 23.1. The molecule has 0 aliphatic carbocycles. The van der Waals surface area contributed by atoms with Crippen molar-refractivity contribution in [1.29, 1.82) is 0 Å². The van der Waals surface area contributed by atoms with Gasteiger partial charge >= 0.3 is 0 Å². The van der Waals surface area contributed by atoms with Gasteiger partial charge in [-0.25, -0.2) is 0 Å². The van der Waals surface area contributed by atoms with Crippen molar-refractivity contribution in [2.75, 3.05) is 29.9 Å². The van der Waals surface area contributed by atoms with E-state index in [2.05, 4.69) is 15.5 Å². The highest BCUT2D eigenvalue weighted by Crippen LogP contribution is 2.28. The monoisotopic (exact) mass is 481 g/mol.